The lowest BCUT2D eigenvalue weighted by atomic mass is 10.2. The van der Waals surface area contributed by atoms with Crippen LogP contribution in [-0.4, -0.2) is 42.7 Å². The first-order valence-electron chi connectivity index (χ1n) is 8.29. The summed E-state index contributed by atoms with van der Waals surface area (Å²) in [5.41, 5.74) is 1.10. The van der Waals surface area contributed by atoms with Crippen LogP contribution >= 0.6 is 0 Å². The molecule has 0 radical (unpaired) electrons. The maximum absolute atomic E-state index is 12.1. The molecule has 2 N–H and O–H groups in total. The molecule has 0 spiro atoms. The first-order valence-corrected chi connectivity index (χ1v) is 9.78. The molecule has 5 nitrogen and oxygen atoms in total. The largest absolute Gasteiger partial charge is 0.492 e. The summed E-state index contributed by atoms with van der Waals surface area (Å²) in [5.74, 6) is 2.70. The van der Waals surface area contributed by atoms with E-state index in [0.717, 1.165) is 11.3 Å². The van der Waals surface area contributed by atoms with E-state index in [1.54, 1.807) is 7.05 Å². The van der Waals surface area contributed by atoms with Gasteiger partial charge < -0.3 is 15.4 Å². The van der Waals surface area contributed by atoms with Crippen molar-refractivity contribution in [2.75, 3.05) is 32.5 Å². The Labute approximate surface area is 152 Å². The highest BCUT2D eigenvalue weighted by Crippen LogP contribution is 2.07. The van der Waals surface area contributed by atoms with Gasteiger partial charge in [-0.25, -0.2) is 0 Å². The van der Waals surface area contributed by atoms with E-state index in [4.69, 9.17) is 4.74 Å². The highest BCUT2D eigenvalue weighted by atomic mass is 32.2. The van der Waals surface area contributed by atoms with Crippen LogP contribution in [0.15, 0.2) is 65.7 Å². The normalized spacial score (nSPS) is 12.4. The smallest absolute Gasteiger partial charge is 0.191 e. The minimum atomic E-state index is -0.892. The van der Waals surface area contributed by atoms with Gasteiger partial charge in [-0.05, 0) is 17.7 Å². The fourth-order valence-corrected chi connectivity index (χ4v) is 3.23. The molecular formula is C19H25N3O2S. The quantitative estimate of drug-likeness (QED) is 0.409. The number of rotatable bonds is 9. The standard InChI is InChI=1S/C19H25N3O2S/c1-20-19(21-12-14-24-18-10-6-3-7-11-18)22-13-15-25(23)16-17-8-4-2-5-9-17/h2-11H,12-16H2,1H3,(H2,20,21,22). The van der Waals surface area contributed by atoms with E-state index < -0.39 is 10.8 Å². The molecule has 1 atom stereocenters. The molecule has 2 aromatic carbocycles. The van der Waals surface area contributed by atoms with Crippen LogP contribution in [0.3, 0.4) is 0 Å². The maximum atomic E-state index is 12.1. The van der Waals surface area contributed by atoms with Gasteiger partial charge in [0.25, 0.3) is 0 Å². The second kappa shape index (κ2) is 11.3. The molecule has 0 saturated heterocycles. The summed E-state index contributed by atoms with van der Waals surface area (Å²) in [4.78, 5) is 4.15. The van der Waals surface area contributed by atoms with Gasteiger partial charge in [0.2, 0.25) is 0 Å². The summed E-state index contributed by atoms with van der Waals surface area (Å²) in [6.07, 6.45) is 0. The van der Waals surface area contributed by atoms with Crippen molar-refractivity contribution in [1.29, 1.82) is 0 Å². The van der Waals surface area contributed by atoms with Crippen LogP contribution in [0.5, 0.6) is 5.75 Å². The topological polar surface area (TPSA) is 62.7 Å². The molecular weight excluding hydrogens is 334 g/mol. The highest BCUT2D eigenvalue weighted by molar-refractivity contribution is 7.84. The number of guanidine groups is 1. The van der Waals surface area contributed by atoms with Gasteiger partial charge in [-0.2, -0.15) is 0 Å². The van der Waals surface area contributed by atoms with Gasteiger partial charge in [-0.15, -0.1) is 0 Å². The van der Waals surface area contributed by atoms with Crippen LogP contribution < -0.4 is 15.4 Å². The van der Waals surface area contributed by atoms with E-state index in [0.29, 0.717) is 37.2 Å². The van der Waals surface area contributed by atoms with E-state index in [9.17, 15) is 4.21 Å². The lowest BCUT2D eigenvalue weighted by molar-refractivity contribution is 0.322. The van der Waals surface area contributed by atoms with Crippen molar-refractivity contribution in [3.63, 3.8) is 0 Å². The third kappa shape index (κ3) is 7.85. The highest BCUT2D eigenvalue weighted by Gasteiger charge is 2.03. The third-order valence-electron chi connectivity index (χ3n) is 3.42. The average Bonchev–Trinajstić information content (AvgIpc) is 2.65. The number of hydrogen-bond donors (Lipinski definition) is 2. The molecule has 0 bridgehead atoms. The van der Waals surface area contributed by atoms with Gasteiger partial charge in [0, 0.05) is 35.9 Å². The minimum Gasteiger partial charge on any atom is -0.492 e. The third-order valence-corrected chi connectivity index (χ3v) is 4.74. The summed E-state index contributed by atoms with van der Waals surface area (Å²) in [6.45, 7) is 1.80. The van der Waals surface area contributed by atoms with Crippen LogP contribution in [0.4, 0.5) is 0 Å². The number of nitrogens with zero attached hydrogens (tertiary/aromatic N) is 1. The second-order valence-corrected chi connectivity index (χ2v) is 6.94. The molecule has 6 heteroatoms. The molecule has 0 aliphatic heterocycles. The van der Waals surface area contributed by atoms with Gasteiger partial charge >= 0.3 is 0 Å². The molecule has 2 aromatic rings. The number of para-hydroxylation sites is 1. The van der Waals surface area contributed by atoms with E-state index >= 15 is 0 Å². The van der Waals surface area contributed by atoms with E-state index in [-0.39, 0.29) is 0 Å². The molecule has 1 unspecified atom stereocenters. The summed E-state index contributed by atoms with van der Waals surface area (Å²) in [5, 5.41) is 6.35. The fraction of sp³-hybridized carbons (Fsp3) is 0.316. The molecule has 0 heterocycles. The lowest BCUT2D eigenvalue weighted by Crippen LogP contribution is -2.40. The number of nitrogens with one attached hydrogen (secondary N) is 2. The molecule has 25 heavy (non-hydrogen) atoms. The van der Waals surface area contributed by atoms with Crippen LogP contribution in [0.1, 0.15) is 5.56 Å². The molecule has 2 rings (SSSR count). The zero-order valence-corrected chi connectivity index (χ0v) is 15.3. The molecule has 0 aliphatic carbocycles. The molecule has 0 fully saturated rings. The fourth-order valence-electron chi connectivity index (χ4n) is 2.19. The van der Waals surface area contributed by atoms with Crippen molar-refractivity contribution in [3.8, 4) is 5.75 Å². The predicted molar refractivity (Wildman–Crippen MR) is 104 cm³/mol. The predicted octanol–water partition coefficient (Wildman–Crippen LogP) is 2.18. The first-order chi connectivity index (χ1) is 12.3. The Hall–Kier alpha value is -2.34. The number of hydrogen-bond acceptors (Lipinski definition) is 3. The Kier molecular flexibility index (Phi) is 8.55. The van der Waals surface area contributed by atoms with Crippen LogP contribution in [0, 0.1) is 0 Å². The Morgan fingerprint density at radius 1 is 1.00 bits per heavy atom. The molecule has 134 valence electrons. The van der Waals surface area contributed by atoms with Gasteiger partial charge in [0.05, 0.1) is 6.54 Å². The Morgan fingerprint density at radius 2 is 1.64 bits per heavy atom. The van der Waals surface area contributed by atoms with Gasteiger partial charge in [-0.1, -0.05) is 48.5 Å². The summed E-state index contributed by atoms with van der Waals surface area (Å²) in [6, 6.07) is 19.6. The number of ether oxygens (including phenoxy) is 1. The minimum absolute atomic E-state index is 0.546. The van der Waals surface area contributed by atoms with Gasteiger partial charge in [-0.3, -0.25) is 9.20 Å². The van der Waals surface area contributed by atoms with Crippen LogP contribution in [0.25, 0.3) is 0 Å². The lowest BCUT2D eigenvalue weighted by Gasteiger charge is -2.12. The van der Waals surface area contributed by atoms with E-state index in [1.807, 2.05) is 60.7 Å². The van der Waals surface area contributed by atoms with Crippen molar-refractivity contribution >= 4 is 16.8 Å². The maximum Gasteiger partial charge on any atom is 0.191 e. The van der Waals surface area contributed by atoms with E-state index in [1.165, 1.54) is 0 Å². The number of benzene rings is 2. The number of aliphatic imine (C=N–C) groups is 1. The second-order valence-electron chi connectivity index (χ2n) is 5.36. The Bertz CT molecular complexity index is 663. The van der Waals surface area contributed by atoms with Gasteiger partial charge in [0.1, 0.15) is 12.4 Å². The van der Waals surface area contributed by atoms with Crippen molar-refractivity contribution in [2.24, 2.45) is 4.99 Å². The first kappa shape index (κ1) is 19.0. The SMILES string of the molecule is CN=C(NCCOc1ccccc1)NCCS(=O)Cc1ccccc1. The average molecular weight is 359 g/mol. The zero-order valence-electron chi connectivity index (χ0n) is 14.5. The summed E-state index contributed by atoms with van der Waals surface area (Å²) >= 11 is 0. The van der Waals surface area contributed by atoms with Crippen molar-refractivity contribution in [2.45, 2.75) is 5.75 Å². The molecule has 0 amide bonds. The molecule has 0 aliphatic rings. The monoisotopic (exact) mass is 359 g/mol. The summed E-state index contributed by atoms with van der Waals surface area (Å²) in [7, 11) is 0.825. The Balaban J connectivity index is 1.59. The van der Waals surface area contributed by atoms with E-state index in [2.05, 4.69) is 15.6 Å². The Morgan fingerprint density at radius 3 is 2.32 bits per heavy atom. The summed E-state index contributed by atoms with van der Waals surface area (Å²) < 4.78 is 17.7. The van der Waals surface area contributed by atoms with Crippen LogP contribution in [-0.2, 0) is 16.6 Å². The van der Waals surface area contributed by atoms with Crippen molar-refractivity contribution < 1.29 is 8.95 Å². The van der Waals surface area contributed by atoms with Gasteiger partial charge in [0.15, 0.2) is 5.96 Å². The van der Waals surface area contributed by atoms with Crippen LogP contribution in [0.2, 0.25) is 0 Å². The molecule has 0 aromatic heterocycles. The van der Waals surface area contributed by atoms with Crippen molar-refractivity contribution in [1.82, 2.24) is 10.6 Å². The van der Waals surface area contributed by atoms with Crippen molar-refractivity contribution in [3.05, 3.63) is 66.2 Å². The molecule has 0 saturated carbocycles. The zero-order chi connectivity index (χ0) is 17.7.